The molecule has 3 aromatic rings. The van der Waals surface area contributed by atoms with Gasteiger partial charge < -0.3 is 14.8 Å². The minimum Gasteiger partial charge on any atom is -0.493 e. The van der Waals surface area contributed by atoms with Gasteiger partial charge in [-0.05, 0) is 30.3 Å². The van der Waals surface area contributed by atoms with E-state index in [-0.39, 0.29) is 12.1 Å². The summed E-state index contributed by atoms with van der Waals surface area (Å²) in [6.07, 6.45) is -0.0328. The van der Waals surface area contributed by atoms with Crippen molar-refractivity contribution in [1.82, 2.24) is 4.98 Å². The predicted molar refractivity (Wildman–Crippen MR) is 106 cm³/mol. The standard InChI is InChI=1S/C19H16FN3O5S/c1-27-16-6-3-11(7-17(16)28-2)19-22-13(10-29-19)9-18(24)21-12-4-5-14(20)15(8-12)23(25)26/h3-8,10H,9H2,1-2H3,(H,21,24). The van der Waals surface area contributed by atoms with Crippen LogP contribution in [-0.4, -0.2) is 30.0 Å². The number of amides is 1. The maximum absolute atomic E-state index is 13.4. The fraction of sp³-hybridized carbons (Fsp3) is 0.158. The van der Waals surface area contributed by atoms with E-state index >= 15 is 0 Å². The monoisotopic (exact) mass is 417 g/mol. The highest BCUT2D eigenvalue weighted by atomic mass is 32.1. The lowest BCUT2D eigenvalue weighted by Gasteiger charge is -2.08. The summed E-state index contributed by atoms with van der Waals surface area (Å²) < 4.78 is 23.9. The summed E-state index contributed by atoms with van der Waals surface area (Å²) in [5.41, 5.74) is 0.785. The Morgan fingerprint density at radius 3 is 2.66 bits per heavy atom. The minimum absolute atomic E-state index is 0.0328. The number of benzene rings is 2. The van der Waals surface area contributed by atoms with Gasteiger partial charge in [0.2, 0.25) is 11.7 Å². The SMILES string of the molecule is COc1ccc(-c2nc(CC(=O)Nc3ccc(F)c([N+](=O)[O-])c3)cs2)cc1OC. The van der Waals surface area contributed by atoms with Gasteiger partial charge in [0.1, 0.15) is 5.01 Å². The topological polar surface area (TPSA) is 104 Å². The number of carbonyl (C=O) groups excluding carboxylic acids is 1. The fourth-order valence-corrected chi connectivity index (χ4v) is 3.41. The molecule has 0 aliphatic rings. The molecule has 0 unspecified atom stereocenters. The van der Waals surface area contributed by atoms with Crippen molar-refractivity contribution in [3.63, 3.8) is 0 Å². The molecule has 0 bridgehead atoms. The Hall–Kier alpha value is -3.53. The van der Waals surface area contributed by atoms with E-state index in [0.717, 1.165) is 17.7 Å². The van der Waals surface area contributed by atoms with Gasteiger partial charge in [0.15, 0.2) is 11.5 Å². The van der Waals surface area contributed by atoms with E-state index in [1.165, 1.54) is 17.4 Å². The number of methoxy groups -OCH3 is 2. The van der Waals surface area contributed by atoms with E-state index in [9.17, 15) is 19.3 Å². The van der Waals surface area contributed by atoms with Gasteiger partial charge >= 0.3 is 5.69 Å². The first-order valence-corrected chi connectivity index (χ1v) is 9.20. The molecule has 1 amide bonds. The molecule has 29 heavy (non-hydrogen) atoms. The molecule has 0 spiro atoms. The molecule has 0 radical (unpaired) electrons. The molecule has 1 N–H and O–H groups in total. The number of anilines is 1. The Labute approximate surface area is 169 Å². The predicted octanol–water partition coefficient (Wildman–Crippen LogP) is 4.06. The molecule has 0 aliphatic heterocycles. The van der Waals surface area contributed by atoms with E-state index in [2.05, 4.69) is 10.3 Å². The minimum atomic E-state index is -0.966. The largest absolute Gasteiger partial charge is 0.493 e. The molecule has 3 rings (SSSR count). The van der Waals surface area contributed by atoms with Crippen LogP contribution in [0.25, 0.3) is 10.6 Å². The zero-order valence-corrected chi connectivity index (χ0v) is 16.3. The van der Waals surface area contributed by atoms with E-state index in [1.807, 2.05) is 6.07 Å². The molecule has 150 valence electrons. The van der Waals surface area contributed by atoms with Gasteiger partial charge in [-0.25, -0.2) is 4.98 Å². The lowest BCUT2D eigenvalue weighted by molar-refractivity contribution is -0.387. The molecule has 1 aromatic heterocycles. The summed E-state index contributed by atoms with van der Waals surface area (Å²) in [5.74, 6) is -0.222. The van der Waals surface area contributed by atoms with Crippen molar-refractivity contribution in [3.05, 3.63) is 63.4 Å². The number of rotatable bonds is 7. The van der Waals surface area contributed by atoms with Gasteiger partial charge in [-0.3, -0.25) is 14.9 Å². The number of nitro groups is 1. The number of ether oxygens (including phenoxy) is 2. The first-order chi connectivity index (χ1) is 13.9. The maximum Gasteiger partial charge on any atom is 0.306 e. The van der Waals surface area contributed by atoms with E-state index in [4.69, 9.17) is 9.47 Å². The number of carbonyl (C=O) groups is 1. The molecule has 0 aliphatic carbocycles. The van der Waals surface area contributed by atoms with Crippen LogP contribution in [0.3, 0.4) is 0 Å². The van der Waals surface area contributed by atoms with Crippen molar-refractivity contribution < 1.29 is 23.6 Å². The van der Waals surface area contributed by atoms with Gasteiger partial charge in [-0.1, -0.05) is 0 Å². The molecule has 1 heterocycles. The van der Waals surface area contributed by atoms with Gasteiger partial charge in [-0.15, -0.1) is 11.3 Å². The van der Waals surface area contributed by atoms with Gasteiger partial charge in [0.05, 0.1) is 31.3 Å². The van der Waals surface area contributed by atoms with Gasteiger partial charge in [0.25, 0.3) is 0 Å². The second-order valence-corrected chi connectivity index (χ2v) is 6.72. The molecule has 0 atom stereocenters. The second-order valence-electron chi connectivity index (χ2n) is 5.86. The first kappa shape index (κ1) is 20.2. The Kier molecular flexibility index (Phi) is 6.03. The lowest BCUT2D eigenvalue weighted by Crippen LogP contribution is -2.14. The molecule has 0 fully saturated rings. The average Bonchev–Trinajstić information content (AvgIpc) is 3.16. The number of hydrogen-bond donors (Lipinski definition) is 1. The van der Waals surface area contributed by atoms with Gasteiger partial charge in [0, 0.05) is 22.7 Å². The van der Waals surface area contributed by atoms with Crippen molar-refractivity contribution in [2.24, 2.45) is 0 Å². The number of thiazole rings is 1. The van der Waals surface area contributed by atoms with Crippen molar-refractivity contribution in [3.8, 4) is 22.1 Å². The van der Waals surface area contributed by atoms with Crippen LogP contribution in [-0.2, 0) is 11.2 Å². The fourth-order valence-electron chi connectivity index (χ4n) is 2.59. The Morgan fingerprint density at radius 1 is 1.21 bits per heavy atom. The van der Waals surface area contributed by atoms with Crippen LogP contribution >= 0.6 is 11.3 Å². The number of nitro benzene ring substituents is 1. The zero-order valence-electron chi connectivity index (χ0n) is 15.5. The van der Waals surface area contributed by atoms with E-state index in [1.54, 1.807) is 31.7 Å². The molecular weight excluding hydrogens is 401 g/mol. The van der Waals surface area contributed by atoms with Crippen LogP contribution in [0.2, 0.25) is 0 Å². The number of hydrogen-bond acceptors (Lipinski definition) is 7. The van der Waals surface area contributed by atoms with Crippen LogP contribution in [0.5, 0.6) is 11.5 Å². The summed E-state index contributed by atoms with van der Waals surface area (Å²) in [7, 11) is 3.09. The van der Waals surface area contributed by atoms with Crippen LogP contribution in [0.1, 0.15) is 5.69 Å². The number of nitrogens with one attached hydrogen (secondary N) is 1. The van der Waals surface area contributed by atoms with E-state index in [0.29, 0.717) is 22.2 Å². The third-order valence-corrected chi connectivity index (χ3v) is 4.89. The maximum atomic E-state index is 13.4. The summed E-state index contributed by atoms with van der Waals surface area (Å²) >= 11 is 1.37. The first-order valence-electron chi connectivity index (χ1n) is 8.32. The third kappa shape index (κ3) is 4.66. The quantitative estimate of drug-likeness (QED) is 0.459. The van der Waals surface area contributed by atoms with Gasteiger partial charge in [-0.2, -0.15) is 4.39 Å². The molecule has 0 saturated heterocycles. The summed E-state index contributed by atoms with van der Waals surface area (Å²) in [6.45, 7) is 0. The van der Waals surface area contributed by atoms with Crippen LogP contribution in [0, 0.1) is 15.9 Å². The van der Waals surface area contributed by atoms with E-state index < -0.39 is 22.3 Å². The highest BCUT2D eigenvalue weighted by molar-refractivity contribution is 7.13. The van der Waals surface area contributed by atoms with Crippen molar-refractivity contribution >= 4 is 28.6 Å². The summed E-state index contributed by atoms with van der Waals surface area (Å²) in [5, 5.41) is 15.8. The number of aromatic nitrogens is 1. The number of halogens is 1. The molecular formula is C19H16FN3O5S. The van der Waals surface area contributed by atoms with Crippen LogP contribution in [0.15, 0.2) is 41.8 Å². The highest BCUT2D eigenvalue weighted by Crippen LogP contribution is 2.33. The second kappa shape index (κ2) is 8.65. The highest BCUT2D eigenvalue weighted by Gasteiger charge is 2.16. The molecule has 8 nitrogen and oxygen atoms in total. The summed E-state index contributed by atoms with van der Waals surface area (Å²) in [6, 6.07) is 8.57. The third-order valence-electron chi connectivity index (χ3n) is 3.95. The molecule has 10 heteroatoms. The lowest BCUT2D eigenvalue weighted by atomic mass is 10.2. The van der Waals surface area contributed by atoms with Crippen molar-refractivity contribution in [1.29, 1.82) is 0 Å². The van der Waals surface area contributed by atoms with Crippen molar-refractivity contribution in [2.75, 3.05) is 19.5 Å². The van der Waals surface area contributed by atoms with Crippen LogP contribution in [0.4, 0.5) is 15.8 Å². The summed E-state index contributed by atoms with van der Waals surface area (Å²) in [4.78, 5) is 26.6. The smallest absolute Gasteiger partial charge is 0.306 e. The Morgan fingerprint density at radius 2 is 1.97 bits per heavy atom. The average molecular weight is 417 g/mol. The number of nitrogens with zero attached hydrogens (tertiary/aromatic N) is 2. The van der Waals surface area contributed by atoms with Crippen LogP contribution < -0.4 is 14.8 Å². The Bertz CT molecular complexity index is 1070. The molecule has 0 saturated carbocycles. The Balaban J connectivity index is 1.71. The van der Waals surface area contributed by atoms with Crippen molar-refractivity contribution in [2.45, 2.75) is 6.42 Å². The normalized spacial score (nSPS) is 10.4. The molecule has 2 aromatic carbocycles. The zero-order chi connectivity index (χ0) is 21.0.